The molecule has 0 saturated carbocycles. The number of carbonyl (C=O) groups is 1. The van der Waals surface area contributed by atoms with Gasteiger partial charge in [0.05, 0.1) is 23.9 Å². The highest BCUT2D eigenvalue weighted by atomic mass is 32.1. The van der Waals surface area contributed by atoms with Gasteiger partial charge in [-0.15, -0.1) is 11.3 Å². The molecule has 0 saturated heterocycles. The minimum atomic E-state index is -0.117. The van der Waals surface area contributed by atoms with Gasteiger partial charge in [-0.25, -0.2) is 9.78 Å². The summed E-state index contributed by atoms with van der Waals surface area (Å²) in [4.78, 5) is 19.7. The van der Waals surface area contributed by atoms with Gasteiger partial charge in [0.2, 0.25) is 0 Å². The molecule has 0 unspecified atom stereocenters. The van der Waals surface area contributed by atoms with Gasteiger partial charge in [-0.2, -0.15) is 0 Å². The third-order valence-electron chi connectivity index (χ3n) is 3.84. The van der Waals surface area contributed by atoms with Crippen LogP contribution in [0.15, 0.2) is 24.3 Å². The molecule has 2 amide bonds. The molecular weight excluding hydrogens is 310 g/mol. The van der Waals surface area contributed by atoms with Crippen molar-refractivity contribution in [3.05, 3.63) is 45.4 Å². The molecule has 0 spiro atoms. The predicted molar refractivity (Wildman–Crippen MR) is 93.0 cm³/mol. The zero-order chi connectivity index (χ0) is 17.0. The molecule has 23 heavy (non-hydrogen) atoms. The van der Waals surface area contributed by atoms with Gasteiger partial charge < -0.3 is 15.0 Å². The van der Waals surface area contributed by atoms with Crippen LogP contribution in [0, 0.1) is 13.8 Å². The molecule has 1 aromatic heterocycles. The first kappa shape index (κ1) is 17.3. The van der Waals surface area contributed by atoms with Crippen molar-refractivity contribution < 1.29 is 9.53 Å². The summed E-state index contributed by atoms with van der Waals surface area (Å²) in [6.45, 7) is 6.41. The molecule has 5 nitrogen and oxygen atoms in total. The van der Waals surface area contributed by atoms with Gasteiger partial charge >= 0.3 is 6.03 Å². The van der Waals surface area contributed by atoms with Crippen LogP contribution >= 0.6 is 11.3 Å². The van der Waals surface area contributed by atoms with Crippen LogP contribution in [0.4, 0.5) is 4.79 Å². The first-order chi connectivity index (χ1) is 10.9. The van der Waals surface area contributed by atoms with Crippen LogP contribution < -0.4 is 10.1 Å². The summed E-state index contributed by atoms with van der Waals surface area (Å²) in [5.41, 5.74) is 1.94. The first-order valence-corrected chi connectivity index (χ1v) is 8.32. The van der Waals surface area contributed by atoms with Crippen LogP contribution in [0.5, 0.6) is 5.75 Å². The number of aryl methyl sites for hydroxylation is 2. The minimum Gasteiger partial charge on any atom is -0.496 e. The number of benzene rings is 1. The molecule has 2 rings (SSSR count). The van der Waals surface area contributed by atoms with E-state index in [0.717, 1.165) is 26.9 Å². The maximum Gasteiger partial charge on any atom is 0.317 e. The van der Waals surface area contributed by atoms with Crippen molar-refractivity contribution in [3.8, 4) is 5.75 Å². The molecule has 0 aliphatic rings. The van der Waals surface area contributed by atoms with Gasteiger partial charge in [-0.1, -0.05) is 18.2 Å². The highest BCUT2D eigenvalue weighted by Gasteiger charge is 2.21. The molecule has 1 N–H and O–H groups in total. The largest absolute Gasteiger partial charge is 0.496 e. The lowest BCUT2D eigenvalue weighted by Crippen LogP contribution is -2.38. The normalized spacial score (nSPS) is 11.9. The lowest BCUT2D eigenvalue weighted by atomic mass is 10.2. The van der Waals surface area contributed by atoms with Gasteiger partial charge in [0.1, 0.15) is 5.75 Å². The average molecular weight is 333 g/mol. The van der Waals surface area contributed by atoms with Crippen molar-refractivity contribution in [1.82, 2.24) is 15.2 Å². The van der Waals surface area contributed by atoms with Gasteiger partial charge in [-0.05, 0) is 26.8 Å². The number of thiazole rings is 1. The Morgan fingerprint density at radius 1 is 1.39 bits per heavy atom. The molecular formula is C17H23N3O2S. The fraction of sp³-hybridized carbons (Fsp3) is 0.412. The Morgan fingerprint density at radius 3 is 2.70 bits per heavy atom. The number of hydrogen-bond donors (Lipinski definition) is 1. The Hall–Kier alpha value is -2.08. The van der Waals surface area contributed by atoms with Crippen molar-refractivity contribution in [2.75, 3.05) is 14.2 Å². The van der Waals surface area contributed by atoms with Crippen molar-refractivity contribution in [2.45, 2.75) is 33.4 Å². The molecule has 0 radical (unpaired) electrons. The third-order valence-corrected chi connectivity index (χ3v) is 5.09. The lowest BCUT2D eigenvalue weighted by Gasteiger charge is -2.25. The molecule has 0 bridgehead atoms. The number of ether oxygens (including phenoxy) is 1. The topological polar surface area (TPSA) is 54.5 Å². The summed E-state index contributed by atoms with van der Waals surface area (Å²) in [5.74, 6) is 0.775. The van der Waals surface area contributed by atoms with E-state index >= 15 is 0 Å². The zero-order valence-corrected chi connectivity index (χ0v) is 15.0. The highest BCUT2D eigenvalue weighted by Crippen LogP contribution is 2.28. The Balaban J connectivity index is 2.01. The predicted octanol–water partition coefficient (Wildman–Crippen LogP) is 3.67. The Bertz CT molecular complexity index is 684. The summed E-state index contributed by atoms with van der Waals surface area (Å²) >= 11 is 1.64. The average Bonchev–Trinajstić information content (AvgIpc) is 2.89. The number of amides is 2. The molecule has 0 fully saturated rings. The Labute approximate surface area is 141 Å². The fourth-order valence-electron chi connectivity index (χ4n) is 2.43. The Kier molecular flexibility index (Phi) is 5.60. The standard InChI is InChI=1S/C17H23N3O2S/c1-11-16(23-13(3)19-11)12(2)20(4)17(21)18-10-14-8-6-7-9-15(14)22-5/h6-9,12H,10H2,1-5H3,(H,18,21)/t12-/m0/s1. The molecule has 1 atom stereocenters. The second-order valence-corrected chi connectivity index (χ2v) is 6.67. The molecule has 1 heterocycles. The number of nitrogens with one attached hydrogen (secondary N) is 1. The highest BCUT2D eigenvalue weighted by molar-refractivity contribution is 7.11. The monoisotopic (exact) mass is 333 g/mol. The van der Waals surface area contributed by atoms with Crippen molar-refractivity contribution in [2.24, 2.45) is 0 Å². The van der Waals surface area contributed by atoms with Gasteiger partial charge in [-0.3, -0.25) is 0 Å². The maximum atomic E-state index is 12.4. The van der Waals surface area contributed by atoms with E-state index in [1.165, 1.54) is 0 Å². The van der Waals surface area contributed by atoms with Crippen LogP contribution in [0.1, 0.15) is 34.1 Å². The molecule has 0 aliphatic carbocycles. The zero-order valence-electron chi connectivity index (χ0n) is 14.2. The van der Waals surface area contributed by atoms with E-state index in [2.05, 4.69) is 10.3 Å². The number of carbonyl (C=O) groups excluding carboxylic acids is 1. The second kappa shape index (κ2) is 7.46. The second-order valence-electron chi connectivity index (χ2n) is 5.44. The van der Waals surface area contributed by atoms with Crippen LogP contribution in [0.25, 0.3) is 0 Å². The summed E-state index contributed by atoms with van der Waals surface area (Å²) in [6, 6.07) is 7.54. The summed E-state index contributed by atoms with van der Waals surface area (Å²) in [6.07, 6.45) is 0. The van der Waals surface area contributed by atoms with Crippen LogP contribution in [0.2, 0.25) is 0 Å². The maximum absolute atomic E-state index is 12.4. The number of urea groups is 1. The van der Waals surface area contributed by atoms with Crippen molar-refractivity contribution in [1.29, 1.82) is 0 Å². The molecule has 2 aromatic rings. The van der Waals surface area contributed by atoms with E-state index < -0.39 is 0 Å². The van der Waals surface area contributed by atoms with E-state index in [0.29, 0.717) is 6.54 Å². The van der Waals surface area contributed by atoms with Gasteiger partial charge in [0, 0.05) is 24.0 Å². The van der Waals surface area contributed by atoms with E-state index in [1.807, 2.05) is 45.0 Å². The van der Waals surface area contributed by atoms with Crippen molar-refractivity contribution in [3.63, 3.8) is 0 Å². The molecule has 124 valence electrons. The minimum absolute atomic E-state index is 0.0149. The molecule has 1 aromatic carbocycles. The van der Waals surface area contributed by atoms with Crippen LogP contribution in [0.3, 0.4) is 0 Å². The molecule has 0 aliphatic heterocycles. The number of methoxy groups -OCH3 is 1. The van der Waals surface area contributed by atoms with Crippen molar-refractivity contribution >= 4 is 17.4 Å². The number of nitrogens with zero attached hydrogens (tertiary/aromatic N) is 2. The quantitative estimate of drug-likeness (QED) is 0.908. The smallest absolute Gasteiger partial charge is 0.317 e. The van der Waals surface area contributed by atoms with E-state index in [-0.39, 0.29) is 12.1 Å². The van der Waals surface area contributed by atoms with Crippen LogP contribution in [-0.4, -0.2) is 30.1 Å². The summed E-state index contributed by atoms with van der Waals surface area (Å²) < 4.78 is 5.30. The fourth-order valence-corrected chi connectivity index (χ4v) is 3.45. The van der Waals surface area contributed by atoms with E-state index in [9.17, 15) is 4.79 Å². The summed E-state index contributed by atoms with van der Waals surface area (Å²) in [5, 5.41) is 3.96. The summed E-state index contributed by atoms with van der Waals surface area (Å²) in [7, 11) is 3.43. The number of para-hydroxylation sites is 1. The van der Waals surface area contributed by atoms with E-state index in [4.69, 9.17) is 4.74 Å². The lowest BCUT2D eigenvalue weighted by molar-refractivity contribution is 0.194. The van der Waals surface area contributed by atoms with Crippen LogP contribution in [-0.2, 0) is 6.54 Å². The third kappa shape index (κ3) is 4.01. The van der Waals surface area contributed by atoms with Gasteiger partial charge in [0.15, 0.2) is 0 Å². The number of rotatable bonds is 5. The molecule has 6 heteroatoms. The number of hydrogen-bond acceptors (Lipinski definition) is 4. The number of aromatic nitrogens is 1. The Morgan fingerprint density at radius 2 is 2.09 bits per heavy atom. The first-order valence-electron chi connectivity index (χ1n) is 7.50. The SMILES string of the molecule is COc1ccccc1CNC(=O)N(C)[C@@H](C)c1sc(C)nc1C. The van der Waals surface area contributed by atoms with E-state index in [1.54, 1.807) is 30.4 Å². The van der Waals surface area contributed by atoms with Gasteiger partial charge in [0.25, 0.3) is 0 Å².